The summed E-state index contributed by atoms with van der Waals surface area (Å²) in [4.78, 5) is 23.3. The Labute approximate surface area is 135 Å². The molecule has 4 nitrogen and oxygen atoms in total. The molecule has 24 heavy (non-hydrogen) atoms. The molecule has 1 aliphatic carbocycles. The molecular weight excluding hydrogens is 321 g/mol. The zero-order valence-corrected chi connectivity index (χ0v) is 12.4. The third kappa shape index (κ3) is 3.10. The average Bonchev–Trinajstić information content (AvgIpc) is 3.29. The highest BCUT2D eigenvalue weighted by Gasteiger charge is 2.45. The molecular formula is C17H13F3N2O2. The van der Waals surface area contributed by atoms with Crippen molar-refractivity contribution in [1.82, 2.24) is 0 Å². The number of hydrogen-bond donors (Lipinski definition) is 2. The molecule has 3 rings (SSSR count). The largest absolute Gasteiger partial charge is 0.366 e. The standard InChI is InChI=1S/C17H13F3N2O2/c18-8-1-3-10(15(20)5-8)11-7-12(11)17(24)22-9-2-4-14(19)13(6-9)16(21)23/h1-6,11-12H,7H2,(H2,21,23)(H,22,24)/t11-,12+/m1/s1. The van der Waals surface area contributed by atoms with Crippen molar-refractivity contribution in [3.8, 4) is 0 Å². The second-order valence-electron chi connectivity index (χ2n) is 5.66. The number of anilines is 1. The van der Waals surface area contributed by atoms with Gasteiger partial charge in [-0.25, -0.2) is 13.2 Å². The van der Waals surface area contributed by atoms with Crippen LogP contribution in [0.1, 0.15) is 28.3 Å². The quantitative estimate of drug-likeness (QED) is 0.902. The van der Waals surface area contributed by atoms with E-state index < -0.39 is 29.3 Å². The number of benzene rings is 2. The molecule has 0 radical (unpaired) electrons. The normalized spacial score (nSPS) is 19.0. The number of nitrogens with two attached hydrogens (primary N) is 1. The van der Waals surface area contributed by atoms with E-state index in [2.05, 4.69) is 5.32 Å². The van der Waals surface area contributed by atoms with Crippen LogP contribution in [0.15, 0.2) is 36.4 Å². The number of carbonyl (C=O) groups is 2. The van der Waals surface area contributed by atoms with Gasteiger partial charge in [0.05, 0.1) is 5.56 Å². The van der Waals surface area contributed by atoms with Crippen molar-refractivity contribution in [1.29, 1.82) is 0 Å². The average molecular weight is 334 g/mol. The predicted molar refractivity (Wildman–Crippen MR) is 80.8 cm³/mol. The zero-order valence-electron chi connectivity index (χ0n) is 12.4. The smallest absolute Gasteiger partial charge is 0.251 e. The SMILES string of the molecule is NC(=O)c1cc(NC(=O)[C@H]2C[C@@H]2c2ccc(F)cc2F)ccc1F. The number of rotatable bonds is 4. The van der Waals surface area contributed by atoms with Crippen LogP contribution in [0.3, 0.4) is 0 Å². The molecule has 0 aliphatic heterocycles. The monoisotopic (exact) mass is 334 g/mol. The van der Waals surface area contributed by atoms with Crippen LogP contribution in [0.25, 0.3) is 0 Å². The number of primary amides is 1. The van der Waals surface area contributed by atoms with Gasteiger partial charge in [-0.2, -0.15) is 0 Å². The van der Waals surface area contributed by atoms with Crippen LogP contribution in [0, 0.1) is 23.4 Å². The first-order chi connectivity index (χ1) is 11.4. The van der Waals surface area contributed by atoms with Gasteiger partial charge in [-0.15, -0.1) is 0 Å². The molecule has 2 amide bonds. The van der Waals surface area contributed by atoms with Crippen LogP contribution in [0.4, 0.5) is 18.9 Å². The van der Waals surface area contributed by atoms with Crippen LogP contribution in [-0.4, -0.2) is 11.8 Å². The van der Waals surface area contributed by atoms with Crippen LogP contribution < -0.4 is 11.1 Å². The Bertz CT molecular complexity index is 839. The van der Waals surface area contributed by atoms with Crippen molar-refractivity contribution in [2.75, 3.05) is 5.32 Å². The fraction of sp³-hybridized carbons (Fsp3) is 0.176. The fourth-order valence-corrected chi connectivity index (χ4v) is 2.66. The Kier molecular flexibility index (Phi) is 4.01. The van der Waals surface area contributed by atoms with E-state index in [1.165, 1.54) is 12.1 Å². The molecule has 7 heteroatoms. The van der Waals surface area contributed by atoms with Crippen molar-refractivity contribution in [3.05, 3.63) is 65.0 Å². The Morgan fingerprint density at radius 2 is 1.79 bits per heavy atom. The van der Waals surface area contributed by atoms with E-state index >= 15 is 0 Å². The van der Waals surface area contributed by atoms with E-state index in [1.807, 2.05) is 0 Å². The summed E-state index contributed by atoms with van der Waals surface area (Å²) >= 11 is 0. The molecule has 124 valence electrons. The maximum absolute atomic E-state index is 13.7. The minimum Gasteiger partial charge on any atom is -0.366 e. The Hall–Kier alpha value is -2.83. The molecule has 3 N–H and O–H groups in total. The van der Waals surface area contributed by atoms with E-state index in [4.69, 9.17) is 5.73 Å². The van der Waals surface area contributed by atoms with Gasteiger partial charge in [-0.1, -0.05) is 6.07 Å². The first kappa shape index (κ1) is 16.0. The molecule has 0 unspecified atom stereocenters. The summed E-state index contributed by atoms with van der Waals surface area (Å²) in [5.74, 6) is -4.27. The molecule has 1 saturated carbocycles. The molecule has 2 aromatic rings. The second kappa shape index (κ2) is 5.99. The van der Waals surface area contributed by atoms with E-state index in [0.29, 0.717) is 6.42 Å². The molecule has 0 bridgehead atoms. The third-order valence-electron chi connectivity index (χ3n) is 3.99. The summed E-state index contributed by atoms with van der Waals surface area (Å²) in [6.45, 7) is 0. The van der Waals surface area contributed by atoms with Gasteiger partial charge in [0.15, 0.2) is 0 Å². The Morgan fingerprint density at radius 1 is 1.04 bits per heavy atom. The summed E-state index contributed by atoms with van der Waals surface area (Å²) in [5.41, 5.74) is 5.23. The van der Waals surface area contributed by atoms with Crippen LogP contribution >= 0.6 is 0 Å². The summed E-state index contributed by atoms with van der Waals surface area (Å²) in [6.07, 6.45) is 0.429. The van der Waals surface area contributed by atoms with Gasteiger partial charge >= 0.3 is 0 Å². The van der Waals surface area contributed by atoms with Crippen LogP contribution in [0.5, 0.6) is 0 Å². The summed E-state index contributed by atoms with van der Waals surface area (Å²) in [7, 11) is 0. The number of nitrogens with one attached hydrogen (secondary N) is 1. The van der Waals surface area contributed by atoms with Crippen LogP contribution in [0.2, 0.25) is 0 Å². The Balaban J connectivity index is 1.71. The second-order valence-corrected chi connectivity index (χ2v) is 5.66. The minimum absolute atomic E-state index is 0.223. The fourth-order valence-electron chi connectivity index (χ4n) is 2.66. The number of amides is 2. The number of hydrogen-bond acceptors (Lipinski definition) is 2. The van der Waals surface area contributed by atoms with Gasteiger partial charge in [0, 0.05) is 17.7 Å². The lowest BCUT2D eigenvalue weighted by Gasteiger charge is -2.07. The molecule has 1 fully saturated rings. The summed E-state index contributed by atoms with van der Waals surface area (Å²) in [5, 5.41) is 2.55. The molecule has 0 heterocycles. The van der Waals surface area contributed by atoms with E-state index in [0.717, 1.165) is 24.3 Å². The molecule has 2 aromatic carbocycles. The molecule has 0 saturated heterocycles. The van der Waals surface area contributed by atoms with E-state index in [1.54, 1.807) is 0 Å². The lowest BCUT2D eigenvalue weighted by Crippen LogP contribution is -2.17. The molecule has 0 spiro atoms. The Morgan fingerprint density at radius 3 is 2.46 bits per heavy atom. The highest BCUT2D eigenvalue weighted by molar-refractivity contribution is 5.98. The highest BCUT2D eigenvalue weighted by Crippen LogP contribution is 2.48. The minimum atomic E-state index is -0.943. The van der Waals surface area contributed by atoms with Crippen molar-refractivity contribution in [2.24, 2.45) is 11.7 Å². The molecule has 0 aromatic heterocycles. The molecule has 2 atom stereocenters. The predicted octanol–water partition coefficient (Wildman–Crippen LogP) is 2.95. The first-order valence-corrected chi connectivity index (χ1v) is 7.22. The van der Waals surface area contributed by atoms with E-state index in [9.17, 15) is 22.8 Å². The molecule has 1 aliphatic rings. The van der Waals surface area contributed by atoms with Crippen LogP contribution in [-0.2, 0) is 4.79 Å². The highest BCUT2D eigenvalue weighted by atomic mass is 19.1. The summed E-state index contributed by atoms with van der Waals surface area (Å²) < 4.78 is 40.1. The number of halogens is 3. The van der Waals surface area contributed by atoms with Gasteiger partial charge in [-0.05, 0) is 42.2 Å². The maximum Gasteiger partial charge on any atom is 0.251 e. The number of carbonyl (C=O) groups excluding carboxylic acids is 2. The topological polar surface area (TPSA) is 72.2 Å². The van der Waals surface area contributed by atoms with Gasteiger partial charge in [0.2, 0.25) is 5.91 Å². The van der Waals surface area contributed by atoms with E-state index in [-0.39, 0.29) is 28.6 Å². The van der Waals surface area contributed by atoms with Crippen molar-refractivity contribution < 1.29 is 22.8 Å². The first-order valence-electron chi connectivity index (χ1n) is 7.22. The third-order valence-corrected chi connectivity index (χ3v) is 3.99. The van der Waals surface area contributed by atoms with Gasteiger partial charge in [0.1, 0.15) is 17.5 Å². The van der Waals surface area contributed by atoms with Crippen molar-refractivity contribution in [2.45, 2.75) is 12.3 Å². The lowest BCUT2D eigenvalue weighted by molar-refractivity contribution is -0.117. The van der Waals surface area contributed by atoms with Gasteiger partial charge in [0.25, 0.3) is 5.91 Å². The summed E-state index contributed by atoms with van der Waals surface area (Å²) in [6, 6.07) is 6.72. The lowest BCUT2D eigenvalue weighted by atomic mass is 10.1. The van der Waals surface area contributed by atoms with Crippen molar-refractivity contribution >= 4 is 17.5 Å². The van der Waals surface area contributed by atoms with Gasteiger partial charge in [-0.3, -0.25) is 9.59 Å². The maximum atomic E-state index is 13.7. The van der Waals surface area contributed by atoms with Gasteiger partial charge < -0.3 is 11.1 Å². The zero-order chi connectivity index (χ0) is 17.4. The van der Waals surface area contributed by atoms with Crippen molar-refractivity contribution in [3.63, 3.8) is 0 Å².